The van der Waals surface area contributed by atoms with Crippen LogP contribution in [-0.4, -0.2) is 13.7 Å². The van der Waals surface area contributed by atoms with Crippen molar-refractivity contribution in [3.05, 3.63) is 22.9 Å². The SMILES string of the molecule is CCCCCCCCCCCCOc1c(OC)csc1-c1cccs1. The lowest BCUT2D eigenvalue weighted by molar-refractivity contribution is 0.287. The van der Waals surface area contributed by atoms with Gasteiger partial charge in [0.1, 0.15) is 0 Å². The average molecular weight is 381 g/mol. The van der Waals surface area contributed by atoms with Gasteiger partial charge in [0.05, 0.1) is 18.6 Å². The topological polar surface area (TPSA) is 18.5 Å². The van der Waals surface area contributed by atoms with Crippen LogP contribution in [0.1, 0.15) is 71.1 Å². The van der Waals surface area contributed by atoms with E-state index >= 15 is 0 Å². The van der Waals surface area contributed by atoms with Crippen LogP contribution in [-0.2, 0) is 0 Å². The number of thiophene rings is 2. The van der Waals surface area contributed by atoms with Crippen molar-refractivity contribution in [1.29, 1.82) is 0 Å². The second-order valence-corrected chi connectivity index (χ2v) is 8.30. The summed E-state index contributed by atoms with van der Waals surface area (Å²) in [6.07, 6.45) is 13.5. The van der Waals surface area contributed by atoms with Crippen molar-refractivity contribution < 1.29 is 9.47 Å². The Morgan fingerprint density at radius 2 is 1.56 bits per heavy atom. The van der Waals surface area contributed by atoms with Crippen LogP contribution in [0, 0.1) is 0 Å². The average Bonchev–Trinajstić information content (AvgIpc) is 3.28. The number of hydrogen-bond acceptors (Lipinski definition) is 4. The van der Waals surface area contributed by atoms with Crippen LogP contribution in [0.25, 0.3) is 9.75 Å². The van der Waals surface area contributed by atoms with Crippen molar-refractivity contribution in [2.45, 2.75) is 71.1 Å². The second kappa shape index (κ2) is 12.4. The van der Waals surface area contributed by atoms with Gasteiger partial charge in [-0.1, -0.05) is 70.8 Å². The van der Waals surface area contributed by atoms with E-state index in [0.29, 0.717) is 0 Å². The minimum atomic E-state index is 0.780. The minimum absolute atomic E-state index is 0.780. The van der Waals surface area contributed by atoms with Gasteiger partial charge in [-0.15, -0.1) is 22.7 Å². The van der Waals surface area contributed by atoms with Gasteiger partial charge in [0, 0.05) is 10.3 Å². The lowest BCUT2D eigenvalue weighted by Crippen LogP contribution is -1.98. The number of unbranched alkanes of at least 4 members (excludes halogenated alkanes) is 9. The summed E-state index contributed by atoms with van der Waals surface area (Å²) in [7, 11) is 1.72. The number of ether oxygens (including phenoxy) is 2. The lowest BCUT2D eigenvalue weighted by Gasteiger charge is -2.09. The molecule has 0 amide bonds. The van der Waals surface area contributed by atoms with E-state index in [1.165, 1.54) is 67.5 Å². The Morgan fingerprint density at radius 1 is 0.880 bits per heavy atom. The highest BCUT2D eigenvalue weighted by molar-refractivity contribution is 7.20. The van der Waals surface area contributed by atoms with Gasteiger partial charge in [0.25, 0.3) is 0 Å². The standard InChI is InChI=1S/C21H32O2S2/c1-3-4-5-6-7-8-9-10-11-12-15-23-20-18(22-2)17-25-21(20)19-14-13-16-24-19/h13-14,16-17H,3-12,15H2,1-2H3. The van der Waals surface area contributed by atoms with Gasteiger partial charge in [-0.2, -0.15) is 0 Å². The van der Waals surface area contributed by atoms with Crippen LogP contribution in [0.4, 0.5) is 0 Å². The van der Waals surface area contributed by atoms with E-state index in [4.69, 9.17) is 9.47 Å². The number of methoxy groups -OCH3 is 1. The molecule has 2 nitrogen and oxygen atoms in total. The van der Waals surface area contributed by atoms with Crippen LogP contribution in [0.5, 0.6) is 11.5 Å². The van der Waals surface area contributed by atoms with Gasteiger partial charge < -0.3 is 9.47 Å². The molecule has 0 aliphatic heterocycles. The van der Waals surface area contributed by atoms with E-state index in [1.807, 2.05) is 5.38 Å². The maximum Gasteiger partial charge on any atom is 0.180 e. The molecule has 0 spiro atoms. The highest BCUT2D eigenvalue weighted by Gasteiger charge is 2.16. The summed E-state index contributed by atoms with van der Waals surface area (Å²) >= 11 is 3.45. The molecule has 140 valence electrons. The van der Waals surface area contributed by atoms with Crippen molar-refractivity contribution in [3.63, 3.8) is 0 Å². The zero-order valence-electron chi connectivity index (χ0n) is 15.7. The van der Waals surface area contributed by atoms with E-state index in [2.05, 4.69) is 24.4 Å². The molecule has 0 fully saturated rings. The molecule has 2 aromatic heterocycles. The highest BCUT2D eigenvalue weighted by atomic mass is 32.1. The van der Waals surface area contributed by atoms with Crippen LogP contribution in [0.15, 0.2) is 22.9 Å². The Morgan fingerprint density at radius 3 is 2.16 bits per heavy atom. The normalized spacial score (nSPS) is 11.0. The molecule has 0 radical (unpaired) electrons. The second-order valence-electron chi connectivity index (χ2n) is 6.47. The molecular formula is C21H32O2S2. The monoisotopic (exact) mass is 380 g/mol. The molecule has 25 heavy (non-hydrogen) atoms. The number of rotatable bonds is 14. The summed E-state index contributed by atoms with van der Waals surface area (Å²) in [5.74, 6) is 1.78. The molecule has 4 heteroatoms. The quantitative estimate of drug-likeness (QED) is 0.311. The Balaban J connectivity index is 1.61. The number of hydrogen-bond donors (Lipinski definition) is 0. The molecule has 2 aromatic rings. The van der Waals surface area contributed by atoms with E-state index in [-0.39, 0.29) is 0 Å². The first-order chi connectivity index (χ1) is 12.4. The van der Waals surface area contributed by atoms with Gasteiger partial charge in [-0.05, 0) is 17.9 Å². The zero-order valence-corrected chi connectivity index (χ0v) is 17.4. The molecule has 0 unspecified atom stereocenters. The summed E-state index contributed by atoms with van der Waals surface area (Å²) in [5, 5.41) is 4.15. The molecule has 0 aromatic carbocycles. The van der Waals surface area contributed by atoms with Crippen LogP contribution in [0.2, 0.25) is 0 Å². The van der Waals surface area contributed by atoms with E-state index in [1.54, 1.807) is 29.8 Å². The van der Waals surface area contributed by atoms with Gasteiger partial charge >= 0.3 is 0 Å². The largest absolute Gasteiger partial charge is 0.492 e. The predicted molar refractivity (Wildman–Crippen MR) is 112 cm³/mol. The van der Waals surface area contributed by atoms with E-state index < -0.39 is 0 Å². The summed E-state index contributed by atoms with van der Waals surface area (Å²) in [5.41, 5.74) is 0. The fraction of sp³-hybridized carbons (Fsp3) is 0.619. The van der Waals surface area contributed by atoms with Crippen molar-refractivity contribution in [2.24, 2.45) is 0 Å². The van der Waals surface area contributed by atoms with Crippen LogP contribution in [0.3, 0.4) is 0 Å². The van der Waals surface area contributed by atoms with Crippen LogP contribution < -0.4 is 9.47 Å². The van der Waals surface area contributed by atoms with Gasteiger partial charge in [-0.25, -0.2) is 0 Å². The fourth-order valence-electron chi connectivity index (χ4n) is 2.95. The molecule has 0 saturated carbocycles. The summed E-state index contributed by atoms with van der Waals surface area (Å²) in [4.78, 5) is 2.45. The van der Waals surface area contributed by atoms with Gasteiger partial charge in [0.15, 0.2) is 11.5 Å². The molecule has 0 aliphatic rings. The van der Waals surface area contributed by atoms with Gasteiger partial charge in [-0.3, -0.25) is 0 Å². The predicted octanol–water partition coefficient (Wildman–Crippen LogP) is 7.78. The zero-order chi connectivity index (χ0) is 17.7. The van der Waals surface area contributed by atoms with Gasteiger partial charge in [0.2, 0.25) is 0 Å². The maximum absolute atomic E-state index is 6.09. The Labute approximate surface area is 161 Å². The minimum Gasteiger partial charge on any atom is -0.492 e. The Kier molecular flexibility index (Phi) is 10.1. The first-order valence-electron chi connectivity index (χ1n) is 9.69. The van der Waals surface area contributed by atoms with E-state index in [0.717, 1.165) is 24.5 Å². The molecule has 2 rings (SSSR count). The summed E-state index contributed by atoms with van der Waals surface area (Å²) in [6.45, 7) is 3.05. The Hall–Kier alpha value is -1.00. The molecule has 0 aliphatic carbocycles. The van der Waals surface area contributed by atoms with Crippen molar-refractivity contribution in [2.75, 3.05) is 13.7 Å². The van der Waals surface area contributed by atoms with Crippen molar-refractivity contribution >= 4 is 22.7 Å². The third kappa shape index (κ3) is 7.02. The lowest BCUT2D eigenvalue weighted by atomic mass is 10.1. The summed E-state index contributed by atoms with van der Waals surface area (Å²) in [6, 6.07) is 4.22. The molecular weight excluding hydrogens is 348 g/mol. The maximum atomic E-state index is 6.09. The Bertz CT molecular complexity index is 560. The molecule has 2 heterocycles. The van der Waals surface area contributed by atoms with Crippen LogP contribution >= 0.6 is 22.7 Å². The first-order valence-corrected chi connectivity index (χ1v) is 11.4. The fourth-order valence-corrected chi connectivity index (χ4v) is 4.78. The van der Waals surface area contributed by atoms with Crippen molar-refractivity contribution in [1.82, 2.24) is 0 Å². The smallest absolute Gasteiger partial charge is 0.180 e. The highest BCUT2D eigenvalue weighted by Crippen LogP contribution is 2.45. The third-order valence-electron chi connectivity index (χ3n) is 4.42. The molecule has 0 atom stereocenters. The van der Waals surface area contributed by atoms with E-state index in [9.17, 15) is 0 Å². The summed E-state index contributed by atoms with van der Waals surface area (Å²) < 4.78 is 11.6. The molecule has 0 bridgehead atoms. The molecule has 0 saturated heterocycles. The van der Waals surface area contributed by atoms with Crippen molar-refractivity contribution in [3.8, 4) is 21.3 Å². The third-order valence-corrected chi connectivity index (χ3v) is 6.41. The first kappa shape index (κ1) is 20.3. The molecule has 0 N–H and O–H groups in total.